The Morgan fingerprint density at radius 2 is 1.04 bits per heavy atom. The number of rotatable bonds is 5. The standard InChI is InChI=1S/C47H28N4S/c48-29-30-10-9-15-33(24-30)34-19-22-45-39(25-34)40-27-36(20-23-46(40)52-45)51-43-17-8-7-16-37(43)38-26-35(18-21-44(38)51)47-49-41(31-11-3-1-4-12-31)28-42(50-47)32-13-5-2-6-14-32/h1-28H. The summed E-state index contributed by atoms with van der Waals surface area (Å²) in [5, 5.41) is 14.3. The zero-order valence-electron chi connectivity index (χ0n) is 27.9. The normalized spacial score (nSPS) is 11.4. The van der Waals surface area contributed by atoms with Gasteiger partial charge >= 0.3 is 0 Å². The van der Waals surface area contributed by atoms with Gasteiger partial charge in [0, 0.05) is 53.3 Å². The van der Waals surface area contributed by atoms with Crippen LogP contribution in [0.15, 0.2) is 170 Å². The van der Waals surface area contributed by atoms with Crippen LogP contribution >= 0.6 is 11.3 Å². The third kappa shape index (κ3) is 5.05. The van der Waals surface area contributed by atoms with Crippen molar-refractivity contribution in [2.24, 2.45) is 0 Å². The molecule has 3 aromatic heterocycles. The molecule has 0 aliphatic carbocycles. The molecule has 0 saturated heterocycles. The lowest BCUT2D eigenvalue weighted by Crippen LogP contribution is -1.96. The predicted octanol–water partition coefficient (Wildman–Crippen LogP) is 12.5. The number of aromatic nitrogens is 3. The van der Waals surface area contributed by atoms with Gasteiger partial charge in [0.2, 0.25) is 0 Å². The molecule has 0 fully saturated rings. The first kappa shape index (κ1) is 30.0. The van der Waals surface area contributed by atoms with Gasteiger partial charge in [0.05, 0.1) is 34.1 Å². The fourth-order valence-electron chi connectivity index (χ4n) is 7.33. The van der Waals surface area contributed by atoms with Gasteiger partial charge in [-0.05, 0) is 83.9 Å². The van der Waals surface area contributed by atoms with Crippen molar-refractivity contribution < 1.29 is 0 Å². The number of nitrogens with zero attached hydrogens (tertiary/aromatic N) is 4. The summed E-state index contributed by atoms with van der Waals surface area (Å²) in [6.07, 6.45) is 0. The van der Waals surface area contributed by atoms with Crippen LogP contribution < -0.4 is 0 Å². The number of hydrogen-bond acceptors (Lipinski definition) is 4. The molecule has 0 aliphatic heterocycles. The van der Waals surface area contributed by atoms with Crippen molar-refractivity contribution in [3.8, 4) is 56.8 Å². The molecule has 7 aromatic carbocycles. The first-order chi connectivity index (χ1) is 25.7. The minimum absolute atomic E-state index is 0.664. The maximum Gasteiger partial charge on any atom is 0.160 e. The van der Waals surface area contributed by atoms with Crippen molar-refractivity contribution in [3.63, 3.8) is 0 Å². The molecule has 0 bridgehead atoms. The minimum Gasteiger partial charge on any atom is -0.309 e. The number of nitriles is 1. The molecule has 0 amide bonds. The van der Waals surface area contributed by atoms with Gasteiger partial charge in [0.15, 0.2) is 5.82 Å². The van der Waals surface area contributed by atoms with E-state index in [1.165, 1.54) is 25.6 Å². The van der Waals surface area contributed by atoms with Crippen LogP contribution in [-0.2, 0) is 0 Å². The van der Waals surface area contributed by atoms with E-state index >= 15 is 0 Å². The number of hydrogen-bond donors (Lipinski definition) is 0. The van der Waals surface area contributed by atoms with Gasteiger partial charge < -0.3 is 4.57 Å². The van der Waals surface area contributed by atoms with Crippen molar-refractivity contribution in [2.75, 3.05) is 0 Å². The zero-order valence-corrected chi connectivity index (χ0v) is 28.7. The molecule has 0 radical (unpaired) electrons. The molecule has 0 N–H and O–H groups in total. The van der Waals surface area contributed by atoms with E-state index in [1.54, 1.807) is 0 Å². The average molecular weight is 681 g/mol. The molecule has 0 aliphatic rings. The van der Waals surface area contributed by atoms with E-state index in [2.05, 4.69) is 126 Å². The lowest BCUT2D eigenvalue weighted by Gasteiger charge is -2.11. The van der Waals surface area contributed by atoms with E-state index in [1.807, 2.05) is 65.9 Å². The van der Waals surface area contributed by atoms with Gasteiger partial charge in [-0.25, -0.2) is 9.97 Å². The Morgan fingerprint density at radius 1 is 0.442 bits per heavy atom. The van der Waals surface area contributed by atoms with Crippen LogP contribution in [0.4, 0.5) is 0 Å². The number of para-hydroxylation sites is 1. The molecule has 0 saturated carbocycles. The Morgan fingerprint density at radius 3 is 1.79 bits per heavy atom. The first-order valence-electron chi connectivity index (χ1n) is 17.2. The van der Waals surface area contributed by atoms with Crippen LogP contribution in [0.25, 0.3) is 92.7 Å². The summed E-state index contributed by atoms with van der Waals surface area (Å²) in [4.78, 5) is 10.2. The summed E-state index contributed by atoms with van der Waals surface area (Å²) in [6, 6.07) is 61.4. The largest absolute Gasteiger partial charge is 0.309 e. The van der Waals surface area contributed by atoms with E-state index in [4.69, 9.17) is 9.97 Å². The summed E-state index contributed by atoms with van der Waals surface area (Å²) in [6.45, 7) is 0. The second kappa shape index (κ2) is 12.2. The molecule has 4 nitrogen and oxygen atoms in total. The van der Waals surface area contributed by atoms with Crippen LogP contribution in [0.3, 0.4) is 0 Å². The lowest BCUT2D eigenvalue weighted by atomic mass is 10.0. The highest BCUT2D eigenvalue weighted by atomic mass is 32.1. The summed E-state index contributed by atoms with van der Waals surface area (Å²) in [7, 11) is 0. The van der Waals surface area contributed by atoms with E-state index in [9.17, 15) is 5.26 Å². The second-order valence-electron chi connectivity index (χ2n) is 13.0. The summed E-state index contributed by atoms with van der Waals surface area (Å²) in [5.41, 5.74) is 11.1. The van der Waals surface area contributed by atoms with Crippen molar-refractivity contribution in [2.45, 2.75) is 0 Å². The highest BCUT2D eigenvalue weighted by molar-refractivity contribution is 7.25. The third-order valence-corrected chi connectivity index (χ3v) is 11.0. The molecule has 242 valence electrons. The van der Waals surface area contributed by atoms with Crippen LogP contribution in [-0.4, -0.2) is 14.5 Å². The topological polar surface area (TPSA) is 54.5 Å². The molecular weight excluding hydrogens is 653 g/mol. The molecular formula is C47H28N4S. The van der Waals surface area contributed by atoms with Crippen LogP contribution in [0.1, 0.15) is 5.56 Å². The lowest BCUT2D eigenvalue weighted by molar-refractivity contribution is 1.18. The number of benzene rings is 7. The van der Waals surface area contributed by atoms with Crippen molar-refractivity contribution in [1.82, 2.24) is 14.5 Å². The number of thiophene rings is 1. The maximum absolute atomic E-state index is 9.48. The van der Waals surface area contributed by atoms with E-state index in [0.29, 0.717) is 11.4 Å². The monoisotopic (exact) mass is 680 g/mol. The van der Waals surface area contributed by atoms with E-state index in [-0.39, 0.29) is 0 Å². The Hall–Kier alpha value is -6.87. The third-order valence-electron chi connectivity index (χ3n) is 9.83. The van der Waals surface area contributed by atoms with Crippen LogP contribution in [0, 0.1) is 11.3 Å². The van der Waals surface area contributed by atoms with Crippen LogP contribution in [0.5, 0.6) is 0 Å². The highest BCUT2D eigenvalue weighted by Crippen LogP contribution is 2.40. The Kier molecular flexibility index (Phi) is 7.02. The van der Waals surface area contributed by atoms with Crippen LogP contribution in [0.2, 0.25) is 0 Å². The van der Waals surface area contributed by atoms with Crippen molar-refractivity contribution in [1.29, 1.82) is 5.26 Å². The molecule has 0 spiro atoms. The highest BCUT2D eigenvalue weighted by Gasteiger charge is 2.17. The zero-order chi connectivity index (χ0) is 34.6. The number of fused-ring (bicyclic) bond motifs is 6. The van der Waals surface area contributed by atoms with E-state index in [0.717, 1.165) is 61.3 Å². The van der Waals surface area contributed by atoms with Crippen molar-refractivity contribution >= 4 is 53.3 Å². The van der Waals surface area contributed by atoms with Gasteiger partial charge in [-0.3, -0.25) is 0 Å². The predicted molar refractivity (Wildman–Crippen MR) is 216 cm³/mol. The molecule has 5 heteroatoms. The summed E-state index contributed by atoms with van der Waals surface area (Å²) < 4.78 is 4.86. The quantitative estimate of drug-likeness (QED) is 0.182. The van der Waals surface area contributed by atoms with E-state index < -0.39 is 0 Å². The van der Waals surface area contributed by atoms with Gasteiger partial charge in [-0.2, -0.15) is 5.26 Å². The summed E-state index contributed by atoms with van der Waals surface area (Å²) >= 11 is 1.81. The fourth-order valence-corrected chi connectivity index (χ4v) is 8.40. The Balaban J connectivity index is 1.14. The summed E-state index contributed by atoms with van der Waals surface area (Å²) in [5.74, 6) is 0.696. The van der Waals surface area contributed by atoms with Gasteiger partial charge in [-0.1, -0.05) is 97.1 Å². The molecule has 10 rings (SSSR count). The smallest absolute Gasteiger partial charge is 0.160 e. The minimum atomic E-state index is 0.664. The Labute approximate surface area is 304 Å². The molecule has 10 aromatic rings. The van der Waals surface area contributed by atoms with Crippen molar-refractivity contribution in [3.05, 3.63) is 175 Å². The fraction of sp³-hybridized carbons (Fsp3) is 0. The SMILES string of the molecule is N#Cc1cccc(-c2ccc3sc4ccc(-n5c6ccccc6c6cc(-c7nc(-c8ccccc8)cc(-c8ccccc8)n7)ccc65)cc4c3c2)c1. The average Bonchev–Trinajstić information content (AvgIpc) is 3.76. The molecule has 52 heavy (non-hydrogen) atoms. The molecule has 0 atom stereocenters. The van der Waals surface area contributed by atoms with Gasteiger partial charge in [0.25, 0.3) is 0 Å². The maximum atomic E-state index is 9.48. The van der Waals surface area contributed by atoms with Gasteiger partial charge in [0.1, 0.15) is 0 Å². The second-order valence-corrected chi connectivity index (χ2v) is 14.0. The first-order valence-corrected chi connectivity index (χ1v) is 18.0. The molecule has 3 heterocycles. The molecule has 0 unspecified atom stereocenters. The Bertz CT molecular complexity index is 2970. The van der Waals surface area contributed by atoms with Gasteiger partial charge in [-0.15, -0.1) is 11.3 Å².